The Hall–Kier alpha value is -2.91. The minimum absolute atomic E-state index is 0.178. The molecule has 0 spiro atoms. The molecule has 1 heterocycles. The van der Waals surface area contributed by atoms with Gasteiger partial charge in [-0.3, -0.25) is 9.59 Å². The number of thiazole rings is 1. The second kappa shape index (κ2) is 9.49. The van der Waals surface area contributed by atoms with Crippen molar-refractivity contribution in [1.29, 1.82) is 0 Å². The van der Waals surface area contributed by atoms with Crippen LogP contribution < -0.4 is 10.6 Å². The van der Waals surface area contributed by atoms with Crippen molar-refractivity contribution >= 4 is 40.4 Å². The van der Waals surface area contributed by atoms with Crippen LogP contribution in [0.1, 0.15) is 16.8 Å². The van der Waals surface area contributed by atoms with Crippen LogP contribution in [0, 0.1) is 6.92 Å². The van der Waals surface area contributed by atoms with Gasteiger partial charge in [-0.05, 0) is 36.8 Å². The third-order valence-electron chi connectivity index (χ3n) is 4.31. The van der Waals surface area contributed by atoms with E-state index in [1.165, 1.54) is 23.5 Å². The van der Waals surface area contributed by atoms with Crippen LogP contribution in [-0.4, -0.2) is 23.3 Å². The largest absolute Gasteiger partial charge is 0.416 e. The van der Waals surface area contributed by atoms with Crippen molar-refractivity contribution in [3.05, 3.63) is 69.7 Å². The molecule has 1 aromatic heterocycles. The summed E-state index contributed by atoms with van der Waals surface area (Å²) in [4.78, 5) is 28.3. The summed E-state index contributed by atoms with van der Waals surface area (Å²) in [6, 6.07) is 9.69. The molecule has 162 valence electrons. The van der Waals surface area contributed by atoms with E-state index in [9.17, 15) is 22.8 Å². The number of hydrogen-bond donors (Lipinski definition) is 2. The van der Waals surface area contributed by atoms with Crippen molar-refractivity contribution in [2.24, 2.45) is 0 Å². The van der Waals surface area contributed by atoms with Gasteiger partial charge in [0.25, 0.3) is 0 Å². The smallest absolute Gasteiger partial charge is 0.347 e. The molecule has 0 atom stereocenters. The average molecular weight is 468 g/mol. The topological polar surface area (TPSA) is 71.1 Å². The highest BCUT2D eigenvalue weighted by Crippen LogP contribution is 2.31. The van der Waals surface area contributed by atoms with Gasteiger partial charge in [-0.2, -0.15) is 13.2 Å². The van der Waals surface area contributed by atoms with Crippen molar-refractivity contribution < 1.29 is 22.8 Å². The number of carbonyl (C=O) groups is 2. The van der Waals surface area contributed by atoms with Crippen molar-refractivity contribution in [3.8, 4) is 10.6 Å². The summed E-state index contributed by atoms with van der Waals surface area (Å²) < 4.78 is 38.0. The number of benzene rings is 2. The average Bonchev–Trinajstić information content (AvgIpc) is 3.19. The van der Waals surface area contributed by atoms with E-state index in [1.807, 2.05) is 6.92 Å². The van der Waals surface area contributed by atoms with E-state index in [2.05, 4.69) is 15.6 Å². The Morgan fingerprint density at radius 1 is 1.10 bits per heavy atom. The van der Waals surface area contributed by atoms with Gasteiger partial charge < -0.3 is 10.6 Å². The third-order valence-corrected chi connectivity index (χ3v) is 5.66. The van der Waals surface area contributed by atoms with Gasteiger partial charge in [-0.25, -0.2) is 4.98 Å². The lowest BCUT2D eigenvalue weighted by molar-refractivity contribution is -0.137. The molecular weight excluding hydrogens is 451 g/mol. The summed E-state index contributed by atoms with van der Waals surface area (Å²) in [5.41, 5.74) is 1.77. The fraction of sp³-hybridized carbons (Fsp3) is 0.190. The molecule has 0 aliphatic heterocycles. The highest BCUT2D eigenvalue weighted by molar-refractivity contribution is 7.13. The predicted octanol–water partition coefficient (Wildman–Crippen LogP) is 5.09. The minimum atomic E-state index is -4.39. The second-order valence-corrected chi connectivity index (χ2v) is 7.91. The fourth-order valence-electron chi connectivity index (χ4n) is 2.60. The van der Waals surface area contributed by atoms with Crippen molar-refractivity contribution in [3.63, 3.8) is 0 Å². The number of amides is 2. The number of aryl methyl sites for hydroxylation is 1. The lowest BCUT2D eigenvalue weighted by Gasteiger charge is -2.07. The Morgan fingerprint density at radius 3 is 2.45 bits per heavy atom. The summed E-state index contributed by atoms with van der Waals surface area (Å²) in [6.45, 7) is 2.00. The number of hydrogen-bond acceptors (Lipinski definition) is 4. The zero-order chi connectivity index (χ0) is 22.6. The summed E-state index contributed by atoms with van der Waals surface area (Å²) in [6.07, 6.45) is -4.02. The van der Waals surface area contributed by atoms with Gasteiger partial charge in [0, 0.05) is 34.6 Å². The molecule has 0 aliphatic rings. The van der Waals surface area contributed by atoms with Crippen molar-refractivity contribution in [2.45, 2.75) is 19.5 Å². The first kappa shape index (κ1) is 22.8. The van der Waals surface area contributed by atoms with Crippen LogP contribution >= 0.6 is 22.9 Å². The number of alkyl halides is 3. The number of aromatic nitrogens is 1. The first-order valence-electron chi connectivity index (χ1n) is 9.11. The third kappa shape index (κ3) is 6.05. The van der Waals surface area contributed by atoms with Gasteiger partial charge in [0.1, 0.15) is 5.01 Å². The van der Waals surface area contributed by atoms with Gasteiger partial charge in [0.05, 0.1) is 11.3 Å². The van der Waals surface area contributed by atoms with Gasteiger partial charge in [-0.15, -0.1) is 11.3 Å². The lowest BCUT2D eigenvalue weighted by Crippen LogP contribution is -2.36. The first-order chi connectivity index (χ1) is 14.6. The van der Waals surface area contributed by atoms with Crippen LogP contribution in [0.15, 0.2) is 47.8 Å². The molecule has 0 fully saturated rings. The van der Waals surface area contributed by atoms with Crippen LogP contribution in [-0.2, 0) is 22.2 Å². The number of nitrogens with one attached hydrogen (secondary N) is 2. The second-order valence-electron chi connectivity index (χ2n) is 6.64. The Balaban J connectivity index is 1.50. The van der Waals surface area contributed by atoms with E-state index in [0.717, 1.165) is 17.7 Å². The van der Waals surface area contributed by atoms with Gasteiger partial charge in [0.15, 0.2) is 0 Å². The first-order valence-corrected chi connectivity index (χ1v) is 10.4. The standard InChI is InChI=1S/C21H17ClF3N3O2S/c1-12-2-7-15(10-17(12)22)27-19(30)18(29)26-9-8-16-11-31-20(28-16)13-3-5-14(6-4-13)21(23,24)25/h2-7,10-11H,8-9H2,1H3,(H,26,29)(H,27,30). The quantitative estimate of drug-likeness (QED) is 0.513. The van der Waals surface area contributed by atoms with E-state index in [-0.39, 0.29) is 6.54 Å². The zero-order valence-corrected chi connectivity index (χ0v) is 17.8. The molecule has 3 aromatic rings. The SMILES string of the molecule is Cc1ccc(NC(=O)C(=O)NCCc2csc(-c3ccc(C(F)(F)F)cc3)n2)cc1Cl. The monoisotopic (exact) mass is 467 g/mol. The van der Waals surface area contributed by atoms with Gasteiger partial charge in [-0.1, -0.05) is 29.8 Å². The molecule has 2 amide bonds. The normalized spacial score (nSPS) is 11.3. The van der Waals surface area contributed by atoms with Crippen LogP contribution in [0.5, 0.6) is 0 Å². The minimum Gasteiger partial charge on any atom is -0.347 e. The number of carbonyl (C=O) groups excluding carboxylic acids is 2. The Morgan fingerprint density at radius 2 is 1.81 bits per heavy atom. The molecule has 0 aliphatic carbocycles. The van der Waals surface area contributed by atoms with E-state index in [0.29, 0.717) is 33.4 Å². The molecule has 31 heavy (non-hydrogen) atoms. The van der Waals surface area contributed by atoms with Crippen LogP contribution in [0.2, 0.25) is 5.02 Å². The Bertz CT molecular complexity index is 1100. The van der Waals surface area contributed by atoms with E-state index in [4.69, 9.17) is 11.6 Å². The van der Waals surface area contributed by atoms with Crippen molar-refractivity contribution in [1.82, 2.24) is 10.3 Å². The summed E-state index contributed by atoms with van der Waals surface area (Å²) >= 11 is 7.28. The van der Waals surface area contributed by atoms with Crippen molar-refractivity contribution in [2.75, 3.05) is 11.9 Å². The highest BCUT2D eigenvalue weighted by atomic mass is 35.5. The molecule has 0 saturated carbocycles. The van der Waals surface area contributed by atoms with Crippen LogP contribution in [0.25, 0.3) is 10.6 Å². The number of rotatable bonds is 5. The molecule has 0 unspecified atom stereocenters. The molecular formula is C21H17ClF3N3O2S. The summed E-state index contributed by atoms with van der Waals surface area (Å²) in [5.74, 6) is -1.61. The molecule has 0 radical (unpaired) electrons. The van der Waals surface area contributed by atoms with E-state index >= 15 is 0 Å². The van der Waals surface area contributed by atoms with Crippen LogP contribution in [0.4, 0.5) is 18.9 Å². The van der Waals surface area contributed by atoms with Gasteiger partial charge >= 0.3 is 18.0 Å². The Labute approximate surface area is 185 Å². The molecule has 10 heteroatoms. The number of halogens is 4. The maximum absolute atomic E-state index is 12.7. The molecule has 0 bridgehead atoms. The van der Waals surface area contributed by atoms with Crippen LogP contribution in [0.3, 0.4) is 0 Å². The maximum Gasteiger partial charge on any atom is 0.416 e. The molecule has 0 saturated heterocycles. The molecule has 5 nitrogen and oxygen atoms in total. The molecule has 2 N–H and O–H groups in total. The number of nitrogens with zero attached hydrogens (tertiary/aromatic N) is 1. The fourth-order valence-corrected chi connectivity index (χ4v) is 3.64. The maximum atomic E-state index is 12.7. The zero-order valence-electron chi connectivity index (χ0n) is 16.2. The lowest BCUT2D eigenvalue weighted by atomic mass is 10.1. The highest BCUT2D eigenvalue weighted by Gasteiger charge is 2.30. The predicted molar refractivity (Wildman–Crippen MR) is 114 cm³/mol. The van der Waals surface area contributed by atoms with E-state index < -0.39 is 23.6 Å². The van der Waals surface area contributed by atoms with E-state index in [1.54, 1.807) is 23.6 Å². The number of anilines is 1. The summed E-state index contributed by atoms with van der Waals surface area (Å²) in [5, 5.41) is 7.78. The molecule has 3 rings (SSSR count). The van der Waals surface area contributed by atoms with Gasteiger partial charge in [0.2, 0.25) is 0 Å². The molecule has 2 aromatic carbocycles. The summed E-state index contributed by atoms with van der Waals surface area (Å²) in [7, 11) is 0. The Kier molecular flexibility index (Phi) is 6.97.